The lowest BCUT2D eigenvalue weighted by molar-refractivity contribution is -0.145. The number of rotatable bonds is 14. The van der Waals surface area contributed by atoms with Crippen molar-refractivity contribution in [3.63, 3.8) is 0 Å². The maximum Gasteiger partial charge on any atom is 0.344 e. The molecular formula is C28H35ClN2O8S. The Balaban J connectivity index is 0.00000560. The van der Waals surface area contributed by atoms with Gasteiger partial charge in [-0.25, -0.2) is 13.2 Å². The van der Waals surface area contributed by atoms with Crippen LogP contribution in [0.2, 0.25) is 0 Å². The van der Waals surface area contributed by atoms with Crippen LogP contribution in [0.25, 0.3) is 11.1 Å². The first-order chi connectivity index (χ1) is 18.5. The van der Waals surface area contributed by atoms with Crippen molar-refractivity contribution in [2.24, 2.45) is 0 Å². The molecule has 3 atom stereocenters. The molecule has 0 bridgehead atoms. The zero-order valence-electron chi connectivity index (χ0n) is 22.4. The van der Waals surface area contributed by atoms with Crippen LogP contribution in [0.15, 0.2) is 66.7 Å². The Labute approximate surface area is 240 Å². The van der Waals surface area contributed by atoms with Gasteiger partial charge in [0.25, 0.3) is 0 Å². The minimum absolute atomic E-state index is 0. The van der Waals surface area contributed by atoms with Gasteiger partial charge in [0, 0.05) is 12.6 Å². The van der Waals surface area contributed by atoms with E-state index in [0.29, 0.717) is 36.6 Å². The van der Waals surface area contributed by atoms with Gasteiger partial charge < -0.3 is 30.1 Å². The number of anilines is 1. The summed E-state index contributed by atoms with van der Waals surface area (Å²) in [5.41, 5.74) is 2.36. The van der Waals surface area contributed by atoms with E-state index in [4.69, 9.17) is 14.6 Å². The highest BCUT2D eigenvalue weighted by atomic mass is 35.5. The van der Waals surface area contributed by atoms with Gasteiger partial charge in [-0.15, -0.1) is 12.4 Å². The number of phenols is 1. The summed E-state index contributed by atoms with van der Waals surface area (Å²) >= 11 is 0. The molecule has 40 heavy (non-hydrogen) atoms. The molecule has 218 valence electrons. The van der Waals surface area contributed by atoms with Gasteiger partial charge in [0.2, 0.25) is 10.0 Å². The van der Waals surface area contributed by atoms with Crippen LogP contribution in [0.5, 0.6) is 17.2 Å². The van der Waals surface area contributed by atoms with Gasteiger partial charge in [-0.3, -0.25) is 4.72 Å². The summed E-state index contributed by atoms with van der Waals surface area (Å²) in [6, 6.07) is 18.6. The summed E-state index contributed by atoms with van der Waals surface area (Å²) in [6.45, 7) is 4.34. The van der Waals surface area contributed by atoms with Crippen LogP contribution in [-0.2, 0) is 14.8 Å². The average molecular weight is 595 g/mol. The molecule has 0 aliphatic carbocycles. The number of aliphatic carboxylic acids is 1. The first-order valence-electron chi connectivity index (χ1n) is 12.4. The lowest BCUT2D eigenvalue weighted by atomic mass is 10.0. The van der Waals surface area contributed by atoms with Gasteiger partial charge in [-0.05, 0) is 66.4 Å². The van der Waals surface area contributed by atoms with Crippen molar-refractivity contribution < 1.29 is 38.0 Å². The number of ether oxygens (including phenoxy) is 2. The lowest BCUT2D eigenvalue weighted by Crippen LogP contribution is -2.35. The SMILES string of the molecule is CCC(Oc1ccc(-c2ccc(OCCN[C@@H](C)[C@H](O)c3ccc(O)c(NS(C)(=O)=O)c3)cc2)cc1)C(=O)O.Cl. The number of carboxylic acid groups (broad SMARTS) is 1. The Morgan fingerprint density at radius 2 is 1.55 bits per heavy atom. The van der Waals surface area contributed by atoms with E-state index in [0.717, 1.165) is 17.4 Å². The predicted molar refractivity (Wildman–Crippen MR) is 156 cm³/mol. The van der Waals surface area contributed by atoms with Gasteiger partial charge in [0.15, 0.2) is 6.10 Å². The number of phenolic OH excluding ortho intramolecular Hbond substituents is 1. The number of sulfonamides is 1. The second-order valence-corrected chi connectivity index (χ2v) is 10.8. The number of hydrogen-bond donors (Lipinski definition) is 5. The standard InChI is InChI=1S/C28H34N2O8S.ClH/c1-4-26(28(33)34)38-23-12-7-20(8-13-23)19-5-10-22(11-6-19)37-16-15-29-18(2)27(32)21-9-14-25(31)24(17-21)30-39(3,35)36;/h5-14,17-18,26-27,29-32H,4,15-16H2,1-3H3,(H,33,34);1H/t18-,26?,27-;/m0./s1. The smallest absolute Gasteiger partial charge is 0.344 e. The second kappa shape index (κ2) is 14.8. The fraction of sp³-hybridized carbons (Fsp3) is 0.321. The molecule has 0 amide bonds. The zero-order valence-corrected chi connectivity index (χ0v) is 24.0. The number of aliphatic hydroxyl groups is 1. The monoisotopic (exact) mass is 594 g/mol. The van der Waals surface area contributed by atoms with E-state index in [9.17, 15) is 23.4 Å². The molecule has 0 radical (unpaired) electrons. The van der Waals surface area contributed by atoms with Crippen molar-refractivity contribution in [1.82, 2.24) is 5.32 Å². The molecule has 0 spiro atoms. The first-order valence-corrected chi connectivity index (χ1v) is 14.3. The minimum Gasteiger partial charge on any atom is -0.506 e. The number of halogens is 1. The summed E-state index contributed by atoms with van der Waals surface area (Å²) in [5, 5.41) is 32.9. The number of carboxylic acids is 1. The van der Waals surface area contributed by atoms with Gasteiger partial charge in [0.05, 0.1) is 18.0 Å². The summed E-state index contributed by atoms with van der Waals surface area (Å²) < 4.78 is 36.5. The summed E-state index contributed by atoms with van der Waals surface area (Å²) in [4.78, 5) is 11.2. The molecule has 0 aromatic heterocycles. The fourth-order valence-electron chi connectivity index (χ4n) is 3.82. The topological polar surface area (TPSA) is 154 Å². The zero-order chi connectivity index (χ0) is 28.6. The molecule has 0 aliphatic rings. The highest BCUT2D eigenvalue weighted by Gasteiger charge is 2.19. The number of aliphatic hydroxyl groups excluding tert-OH is 1. The quantitative estimate of drug-likeness (QED) is 0.136. The number of carbonyl (C=O) groups is 1. The Morgan fingerprint density at radius 1 is 0.975 bits per heavy atom. The van der Waals surface area contributed by atoms with Gasteiger partial charge >= 0.3 is 5.97 Å². The molecule has 3 aromatic carbocycles. The normalized spacial score (nSPS) is 13.4. The highest BCUT2D eigenvalue weighted by Crippen LogP contribution is 2.29. The number of benzene rings is 3. The third-order valence-electron chi connectivity index (χ3n) is 5.93. The van der Waals surface area contributed by atoms with Crippen LogP contribution >= 0.6 is 12.4 Å². The number of aromatic hydroxyl groups is 1. The van der Waals surface area contributed by atoms with Crippen molar-refractivity contribution >= 4 is 34.1 Å². The van der Waals surface area contributed by atoms with Gasteiger partial charge in [0.1, 0.15) is 23.9 Å². The van der Waals surface area contributed by atoms with Crippen LogP contribution in [-0.4, -0.2) is 61.3 Å². The van der Waals surface area contributed by atoms with Crippen LogP contribution < -0.4 is 19.5 Å². The van der Waals surface area contributed by atoms with Gasteiger partial charge in [-0.1, -0.05) is 37.3 Å². The van der Waals surface area contributed by atoms with E-state index in [-0.39, 0.29) is 29.9 Å². The van der Waals surface area contributed by atoms with Crippen molar-refractivity contribution in [2.75, 3.05) is 24.1 Å². The van der Waals surface area contributed by atoms with Crippen LogP contribution in [0.3, 0.4) is 0 Å². The molecule has 3 rings (SSSR count). The van der Waals surface area contributed by atoms with Gasteiger partial charge in [-0.2, -0.15) is 0 Å². The molecule has 1 unspecified atom stereocenters. The second-order valence-electron chi connectivity index (χ2n) is 9.09. The number of nitrogens with one attached hydrogen (secondary N) is 2. The van der Waals surface area contributed by atoms with E-state index >= 15 is 0 Å². The maximum absolute atomic E-state index is 11.5. The Kier molecular flexibility index (Phi) is 12.1. The molecule has 0 fully saturated rings. The molecule has 0 saturated heterocycles. The first kappa shape index (κ1) is 32.7. The van der Waals surface area contributed by atoms with Crippen molar-refractivity contribution in [3.8, 4) is 28.4 Å². The Morgan fingerprint density at radius 3 is 2.08 bits per heavy atom. The van der Waals surface area contributed by atoms with E-state index < -0.39 is 28.2 Å². The molecule has 0 heterocycles. The van der Waals surface area contributed by atoms with Crippen molar-refractivity contribution in [1.29, 1.82) is 0 Å². The molecule has 3 aromatic rings. The summed E-state index contributed by atoms with van der Waals surface area (Å²) in [5.74, 6) is -0.0519. The molecule has 0 aliphatic heterocycles. The van der Waals surface area contributed by atoms with E-state index in [1.807, 2.05) is 36.4 Å². The molecule has 5 N–H and O–H groups in total. The third kappa shape index (κ3) is 9.60. The number of hydrogen-bond acceptors (Lipinski definition) is 8. The Hall–Kier alpha value is -3.51. The minimum atomic E-state index is -3.58. The van der Waals surface area contributed by atoms with E-state index in [1.165, 1.54) is 18.2 Å². The molecule has 12 heteroatoms. The largest absolute Gasteiger partial charge is 0.506 e. The van der Waals surface area contributed by atoms with Crippen LogP contribution in [0.4, 0.5) is 5.69 Å². The van der Waals surface area contributed by atoms with E-state index in [2.05, 4.69) is 10.0 Å². The molecular weight excluding hydrogens is 560 g/mol. The average Bonchev–Trinajstić information content (AvgIpc) is 2.90. The summed E-state index contributed by atoms with van der Waals surface area (Å²) in [6.07, 6.45) is -0.470. The molecule has 10 nitrogen and oxygen atoms in total. The fourth-order valence-corrected chi connectivity index (χ4v) is 4.38. The van der Waals surface area contributed by atoms with E-state index in [1.54, 1.807) is 26.0 Å². The van der Waals surface area contributed by atoms with Crippen molar-refractivity contribution in [2.45, 2.75) is 38.5 Å². The highest BCUT2D eigenvalue weighted by molar-refractivity contribution is 7.92. The van der Waals surface area contributed by atoms with Crippen molar-refractivity contribution in [3.05, 3.63) is 72.3 Å². The van der Waals surface area contributed by atoms with Crippen LogP contribution in [0.1, 0.15) is 31.9 Å². The summed E-state index contributed by atoms with van der Waals surface area (Å²) in [7, 11) is -3.58. The molecule has 0 saturated carbocycles. The third-order valence-corrected chi connectivity index (χ3v) is 6.53. The van der Waals surface area contributed by atoms with Crippen LogP contribution in [0, 0.1) is 0 Å². The lowest BCUT2D eigenvalue weighted by Gasteiger charge is -2.21. The Bertz CT molecular complexity index is 1350. The predicted octanol–water partition coefficient (Wildman–Crippen LogP) is 4.19. The maximum atomic E-state index is 11.5.